The Bertz CT molecular complexity index is 452. The molecule has 0 spiro atoms. The van der Waals surface area contributed by atoms with Crippen molar-refractivity contribution in [2.75, 3.05) is 29.9 Å². The van der Waals surface area contributed by atoms with Crippen molar-refractivity contribution >= 4 is 17.3 Å². The summed E-state index contributed by atoms with van der Waals surface area (Å²) in [6, 6.07) is 2.86. The topological polar surface area (TPSA) is 91.5 Å². The third kappa shape index (κ3) is 2.67. The van der Waals surface area contributed by atoms with Gasteiger partial charge in [-0.1, -0.05) is 0 Å². The van der Waals surface area contributed by atoms with E-state index in [0.29, 0.717) is 37.7 Å². The second kappa shape index (κ2) is 5.18. The molecule has 0 aromatic carbocycles. The Morgan fingerprint density at radius 2 is 2.44 bits per heavy atom. The molecule has 0 aliphatic carbocycles. The van der Waals surface area contributed by atoms with Gasteiger partial charge >= 0.3 is 0 Å². The fourth-order valence-electron chi connectivity index (χ4n) is 1.99. The largest absolute Gasteiger partial charge is 0.391 e. The molecule has 1 fully saturated rings. The lowest BCUT2D eigenvalue weighted by Crippen LogP contribution is -2.22. The van der Waals surface area contributed by atoms with Crippen LogP contribution in [0, 0.1) is 10.1 Å². The Kier molecular flexibility index (Phi) is 3.61. The summed E-state index contributed by atoms with van der Waals surface area (Å²) in [5.74, 6) is 1.03. The van der Waals surface area contributed by atoms with E-state index in [4.69, 9.17) is 0 Å². The van der Waals surface area contributed by atoms with Gasteiger partial charge in [0.25, 0.3) is 5.69 Å². The monoisotopic (exact) mass is 252 g/mol. The molecule has 2 heterocycles. The fraction of sp³-hybridized carbons (Fsp3) is 0.545. The van der Waals surface area contributed by atoms with Crippen LogP contribution in [-0.4, -0.2) is 40.8 Å². The summed E-state index contributed by atoms with van der Waals surface area (Å²) in [5.41, 5.74) is 0.0114. The zero-order valence-corrected chi connectivity index (χ0v) is 10.2. The van der Waals surface area contributed by atoms with E-state index in [1.807, 2.05) is 11.8 Å². The minimum Gasteiger partial charge on any atom is -0.391 e. The molecule has 0 bridgehead atoms. The van der Waals surface area contributed by atoms with E-state index in [1.165, 1.54) is 12.1 Å². The highest BCUT2D eigenvalue weighted by Crippen LogP contribution is 2.25. The lowest BCUT2D eigenvalue weighted by molar-refractivity contribution is -0.384. The maximum atomic E-state index is 10.9. The number of aromatic nitrogens is 1. The first-order chi connectivity index (χ1) is 8.60. The predicted molar refractivity (Wildman–Crippen MR) is 67.9 cm³/mol. The summed E-state index contributed by atoms with van der Waals surface area (Å²) >= 11 is 0. The van der Waals surface area contributed by atoms with Crippen LogP contribution >= 0.6 is 0 Å². The summed E-state index contributed by atoms with van der Waals surface area (Å²) in [6.07, 6.45) is 0.287. The maximum absolute atomic E-state index is 10.9. The molecule has 0 amide bonds. The Hall–Kier alpha value is -1.89. The highest BCUT2D eigenvalue weighted by Gasteiger charge is 2.23. The molecule has 1 unspecified atom stereocenters. The van der Waals surface area contributed by atoms with Gasteiger partial charge in [-0.25, -0.2) is 4.98 Å². The van der Waals surface area contributed by atoms with E-state index >= 15 is 0 Å². The molecule has 2 rings (SSSR count). The molecule has 1 atom stereocenters. The van der Waals surface area contributed by atoms with E-state index in [-0.39, 0.29) is 11.8 Å². The van der Waals surface area contributed by atoms with Gasteiger partial charge in [-0.15, -0.1) is 0 Å². The number of rotatable bonds is 4. The minimum atomic E-state index is -0.432. The van der Waals surface area contributed by atoms with Crippen LogP contribution in [0.1, 0.15) is 13.3 Å². The normalized spacial score (nSPS) is 19.0. The number of β-amino-alcohol motifs (C(OH)–C–C–N with tert-alkyl or cyclic N) is 1. The van der Waals surface area contributed by atoms with Gasteiger partial charge in [0.05, 0.1) is 23.2 Å². The van der Waals surface area contributed by atoms with Crippen molar-refractivity contribution in [2.24, 2.45) is 0 Å². The van der Waals surface area contributed by atoms with Gasteiger partial charge in [0.1, 0.15) is 11.6 Å². The first-order valence-corrected chi connectivity index (χ1v) is 5.93. The second-order valence-electron chi connectivity index (χ2n) is 4.24. The van der Waals surface area contributed by atoms with Crippen molar-refractivity contribution in [2.45, 2.75) is 19.4 Å². The van der Waals surface area contributed by atoms with E-state index in [0.717, 1.165) is 0 Å². The van der Waals surface area contributed by atoms with Crippen molar-refractivity contribution in [3.63, 3.8) is 0 Å². The van der Waals surface area contributed by atoms with Gasteiger partial charge in [-0.3, -0.25) is 10.1 Å². The maximum Gasteiger partial charge on any atom is 0.276 e. The fourth-order valence-corrected chi connectivity index (χ4v) is 1.99. The van der Waals surface area contributed by atoms with Crippen LogP contribution < -0.4 is 10.2 Å². The third-order valence-corrected chi connectivity index (χ3v) is 2.85. The molecular weight excluding hydrogens is 236 g/mol. The summed E-state index contributed by atoms with van der Waals surface area (Å²) in [6.45, 7) is 3.69. The van der Waals surface area contributed by atoms with Gasteiger partial charge in [0.2, 0.25) is 0 Å². The van der Waals surface area contributed by atoms with Gasteiger partial charge in [-0.2, -0.15) is 0 Å². The number of aliphatic hydroxyl groups excluding tert-OH is 1. The standard InChI is InChI=1S/C11H16N4O3/c1-2-12-10-5-8(15(17)18)6-11(13-10)14-4-3-9(16)7-14/h5-6,9,16H,2-4,7H2,1H3,(H,12,13). The lowest BCUT2D eigenvalue weighted by Gasteiger charge is -2.17. The number of nitro groups is 1. The minimum absolute atomic E-state index is 0.0114. The van der Waals surface area contributed by atoms with Crippen LogP contribution in [-0.2, 0) is 0 Å². The van der Waals surface area contributed by atoms with Crippen molar-refractivity contribution in [3.8, 4) is 0 Å². The number of pyridine rings is 1. The average Bonchev–Trinajstić information content (AvgIpc) is 2.76. The van der Waals surface area contributed by atoms with Crippen molar-refractivity contribution in [1.82, 2.24) is 4.98 Å². The van der Waals surface area contributed by atoms with Crippen LogP contribution in [0.2, 0.25) is 0 Å². The molecular formula is C11H16N4O3. The predicted octanol–water partition coefficient (Wildman–Crippen LogP) is 0.993. The van der Waals surface area contributed by atoms with Gasteiger partial charge < -0.3 is 15.3 Å². The van der Waals surface area contributed by atoms with Gasteiger partial charge in [-0.05, 0) is 13.3 Å². The number of nitrogens with zero attached hydrogens (tertiary/aromatic N) is 3. The quantitative estimate of drug-likeness (QED) is 0.613. The summed E-state index contributed by atoms with van der Waals surface area (Å²) in [7, 11) is 0. The Morgan fingerprint density at radius 3 is 3.00 bits per heavy atom. The van der Waals surface area contributed by atoms with Crippen LogP contribution in [0.3, 0.4) is 0 Å². The Morgan fingerprint density at radius 1 is 1.67 bits per heavy atom. The molecule has 98 valence electrons. The summed E-state index contributed by atoms with van der Waals surface area (Å²) < 4.78 is 0. The zero-order chi connectivity index (χ0) is 13.1. The van der Waals surface area contributed by atoms with Gasteiger partial charge in [0, 0.05) is 19.6 Å². The van der Waals surface area contributed by atoms with Crippen LogP contribution in [0.25, 0.3) is 0 Å². The molecule has 2 N–H and O–H groups in total. The van der Waals surface area contributed by atoms with E-state index < -0.39 is 4.92 Å². The zero-order valence-electron chi connectivity index (χ0n) is 10.2. The molecule has 18 heavy (non-hydrogen) atoms. The lowest BCUT2D eigenvalue weighted by atomic mass is 10.3. The van der Waals surface area contributed by atoms with Crippen LogP contribution in [0.15, 0.2) is 12.1 Å². The first kappa shape index (κ1) is 12.6. The number of nitrogens with one attached hydrogen (secondary N) is 1. The van der Waals surface area contributed by atoms with Crippen molar-refractivity contribution in [1.29, 1.82) is 0 Å². The third-order valence-electron chi connectivity index (χ3n) is 2.85. The molecule has 1 aromatic heterocycles. The highest BCUT2D eigenvalue weighted by molar-refractivity contribution is 5.56. The Labute approximate surface area is 105 Å². The molecule has 7 nitrogen and oxygen atoms in total. The van der Waals surface area contributed by atoms with Crippen molar-refractivity contribution in [3.05, 3.63) is 22.2 Å². The average molecular weight is 252 g/mol. The number of hydrogen-bond acceptors (Lipinski definition) is 6. The molecule has 0 radical (unpaired) electrons. The molecule has 1 saturated heterocycles. The smallest absolute Gasteiger partial charge is 0.276 e. The molecule has 1 aromatic rings. The van der Waals surface area contributed by atoms with Gasteiger partial charge in [0.15, 0.2) is 0 Å². The number of hydrogen-bond donors (Lipinski definition) is 2. The van der Waals surface area contributed by atoms with Crippen LogP contribution in [0.4, 0.5) is 17.3 Å². The van der Waals surface area contributed by atoms with E-state index in [2.05, 4.69) is 10.3 Å². The SMILES string of the molecule is CCNc1cc([N+](=O)[O-])cc(N2CCC(O)C2)n1. The number of anilines is 2. The first-order valence-electron chi connectivity index (χ1n) is 5.93. The summed E-state index contributed by atoms with van der Waals surface area (Å²) in [5, 5.41) is 23.3. The molecule has 1 aliphatic heterocycles. The molecule has 7 heteroatoms. The van der Waals surface area contributed by atoms with Crippen LogP contribution in [0.5, 0.6) is 0 Å². The Balaban J connectivity index is 2.30. The number of aliphatic hydroxyl groups is 1. The van der Waals surface area contributed by atoms with E-state index in [9.17, 15) is 15.2 Å². The van der Waals surface area contributed by atoms with Crippen molar-refractivity contribution < 1.29 is 10.0 Å². The highest BCUT2D eigenvalue weighted by atomic mass is 16.6. The summed E-state index contributed by atoms with van der Waals surface area (Å²) in [4.78, 5) is 16.6. The molecule has 1 aliphatic rings. The van der Waals surface area contributed by atoms with E-state index in [1.54, 1.807) is 0 Å². The molecule has 0 saturated carbocycles. The second-order valence-corrected chi connectivity index (χ2v) is 4.24.